The molecule has 0 radical (unpaired) electrons. The number of aromatic nitrogens is 3. The molecule has 2 N–H and O–H groups in total. The van der Waals surface area contributed by atoms with Crippen LogP contribution in [-0.2, 0) is 0 Å². The van der Waals surface area contributed by atoms with Gasteiger partial charge < -0.3 is 14.7 Å². The Labute approximate surface area is 142 Å². The van der Waals surface area contributed by atoms with E-state index >= 15 is 0 Å². The molecular formula is C18H26N4O2. The van der Waals surface area contributed by atoms with Gasteiger partial charge in [-0.3, -0.25) is 5.10 Å². The molecule has 0 bridgehead atoms. The fourth-order valence-electron chi connectivity index (χ4n) is 3.17. The molecule has 0 saturated carbocycles. The van der Waals surface area contributed by atoms with Gasteiger partial charge in [-0.2, -0.15) is 5.10 Å². The molecule has 1 fully saturated rings. The highest BCUT2D eigenvalue weighted by Crippen LogP contribution is 2.25. The topological polar surface area (TPSA) is 74.3 Å². The molecule has 1 unspecified atom stereocenters. The van der Waals surface area contributed by atoms with E-state index < -0.39 is 6.10 Å². The predicted octanol–water partition coefficient (Wildman–Crippen LogP) is 2.04. The lowest BCUT2D eigenvalue weighted by Gasteiger charge is -2.32. The van der Waals surface area contributed by atoms with Crippen molar-refractivity contribution < 1.29 is 9.84 Å². The number of hydrogen-bond acceptors (Lipinski definition) is 5. The second-order valence-corrected chi connectivity index (χ2v) is 6.58. The number of aliphatic hydroxyl groups excluding tert-OH is 1. The Kier molecular flexibility index (Phi) is 5.48. The van der Waals surface area contributed by atoms with E-state index in [4.69, 9.17) is 4.74 Å². The van der Waals surface area contributed by atoms with Gasteiger partial charge in [0.2, 0.25) is 0 Å². The second kappa shape index (κ2) is 7.77. The number of nitrogens with zero attached hydrogens (tertiary/aromatic N) is 3. The molecule has 1 atom stereocenters. The van der Waals surface area contributed by atoms with Crippen LogP contribution in [0, 0.1) is 13.8 Å². The lowest BCUT2D eigenvalue weighted by Crippen LogP contribution is -2.40. The maximum Gasteiger partial charge on any atom is 0.153 e. The Bertz CT molecular complexity index is 650. The second-order valence-electron chi connectivity index (χ2n) is 6.58. The average Bonchev–Trinajstić information content (AvgIpc) is 3.01. The van der Waals surface area contributed by atoms with Gasteiger partial charge >= 0.3 is 0 Å². The minimum Gasteiger partial charge on any atom is -0.491 e. The van der Waals surface area contributed by atoms with Gasteiger partial charge in [0.1, 0.15) is 24.3 Å². The number of β-amino-alcohol motifs (C(OH)–C–C–N with tert-alkyl or cyclic N) is 1. The van der Waals surface area contributed by atoms with E-state index in [-0.39, 0.29) is 0 Å². The maximum atomic E-state index is 10.2. The lowest BCUT2D eigenvalue weighted by atomic mass is 9.96. The average molecular weight is 330 g/mol. The summed E-state index contributed by atoms with van der Waals surface area (Å²) in [6.07, 6.45) is 1.58. The van der Waals surface area contributed by atoms with Gasteiger partial charge in [0.25, 0.3) is 0 Å². The van der Waals surface area contributed by atoms with Gasteiger partial charge in [-0.15, -0.1) is 0 Å². The first-order valence-corrected chi connectivity index (χ1v) is 8.59. The number of likely N-dealkylation sites (tertiary alicyclic amines) is 1. The van der Waals surface area contributed by atoms with Gasteiger partial charge in [0.15, 0.2) is 5.82 Å². The van der Waals surface area contributed by atoms with Crippen LogP contribution in [0.3, 0.4) is 0 Å². The quantitative estimate of drug-likeness (QED) is 0.848. The number of aromatic amines is 1. The molecule has 2 heterocycles. The summed E-state index contributed by atoms with van der Waals surface area (Å²) in [6.45, 7) is 6.82. The van der Waals surface area contributed by atoms with Crippen molar-refractivity contribution in [2.45, 2.75) is 38.7 Å². The Morgan fingerprint density at radius 3 is 2.71 bits per heavy atom. The van der Waals surface area contributed by atoms with E-state index in [1.165, 1.54) is 0 Å². The van der Waals surface area contributed by atoms with Crippen molar-refractivity contribution in [3.8, 4) is 5.75 Å². The molecule has 6 nitrogen and oxygen atoms in total. The molecule has 1 aromatic heterocycles. The van der Waals surface area contributed by atoms with Crippen molar-refractivity contribution >= 4 is 0 Å². The highest BCUT2D eigenvalue weighted by Gasteiger charge is 2.24. The third kappa shape index (κ3) is 4.33. The molecular weight excluding hydrogens is 304 g/mol. The minimum atomic E-state index is -0.480. The number of H-pyrrole nitrogens is 1. The Morgan fingerprint density at radius 2 is 2.04 bits per heavy atom. The smallest absolute Gasteiger partial charge is 0.153 e. The number of rotatable bonds is 6. The molecule has 2 aromatic rings. The number of hydrogen-bond donors (Lipinski definition) is 2. The fraction of sp³-hybridized carbons (Fsp3) is 0.556. The van der Waals surface area contributed by atoms with Crippen LogP contribution < -0.4 is 4.74 Å². The number of piperidine rings is 1. The van der Waals surface area contributed by atoms with Gasteiger partial charge in [-0.25, -0.2) is 4.98 Å². The van der Waals surface area contributed by atoms with Crippen molar-refractivity contribution in [3.05, 3.63) is 41.5 Å². The van der Waals surface area contributed by atoms with E-state index in [0.29, 0.717) is 19.1 Å². The molecule has 1 saturated heterocycles. The number of benzene rings is 1. The third-order valence-electron chi connectivity index (χ3n) is 4.56. The fourth-order valence-corrected chi connectivity index (χ4v) is 3.17. The van der Waals surface area contributed by atoms with Crippen LogP contribution >= 0.6 is 0 Å². The highest BCUT2D eigenvalue weighted by atomic mass is 16.5. The van der Waals surface area contributed by atoms with Gasteiger partial charge in [-0.1, -0.05) is 18.2 Å². The van der Waals surface area contributed by atoms with Gasteiger partial charge in [-0.05, 0) is 51.4 Å². The van der Waals surface area contributed by atoms with E-state index in [0.717, 1.165) is 48.9 Å². The van der Waals surface area contributed by atoms with Crippen molar-refractivity contribution in [2.24, 2.45) is 0 Å². The summed E-state index contributed by atoms with van der Waals surface area (Å²) in [6, 6.07) is 7.88. The Hall–Kier alpha value is -1.92. The van der Waals surface area contributed by atoms with Crippen LogP contribution in [0.25, 0.3) is 0 Å². The first-order chi connectivity index (χ1) is 11.6. The number of aryl methyl sites for hydroxylation is 2. The summed E-state index contributed by atoms with van der Waals surface area (Å²) in [5.41, 5.74) is 1.09. The summed E-state index contributed by atoms with van der Waals surface area (Å²) in [7, 11) is 0. The third-order valence-corrected chi connectivity index (χ3v) is 4.56. The van der Waals surface area contributed by atoms with Crippen molar-refractivity contribution in [1.29, 1.82) is 0 Å². The number of para-hydroxylation sites is 1. The van der Waals surface area contributed by atoms with E-state index in [9.17, 15) is 5.11 Å². The number of aliphatic hydroxyl groups is 1. The normalized spacial score (nSPS) is 17.8. The number of ether oxygens (including phenoxy) is 1. The van der Waals surface area contributed by atoms with Crippen molar-refractivity contribution in [2.75, 3.05) is 26.2 Å². The molecule has 1 aliphatic rings. The molecule has 3 rings (SSSR count). The molecule has 1 aliphatic heterocycles. The zero-order chi connectivity index (χ0) is 16.9. The van der Waals surface area contributed by atoms with Crippen molar-refractivity contribution in [1.82, 2.24) is 20.1 Å². The highest BCUT2D eigenvalue weighted by molar-refractivity contribution is 5.31. The minimum absolute atomic E-state index is 0.324. The van der Waals surface area contributed by atoms with Gasteiger partial charge in [0, 0.05) is 12.5 Å². The monoisotopic (exact) mass is 330 g/mol. The molecule has 0 spiro atoms. The number of nitrogens with one attached hydrogen (secondary N) is 1. The van der Waals surface area contributed by atoms with Gasteiger partial charge in [0.05, 0.1) is 0 Å². The predicted molar refractivity (Wildman–Crippen MR) is 92.2 cm³/mol. The van der Waals surface area contributed by atoms with Crippen LogP contribution in [0.2, 0.25) is 0 Å². The van der Waals surface area contributed by atoms with Crippen LogP contribution in [0.1, 0.15) is 36.0 Å². The van der Waals surface area contributed by atoms with Crippen molar-refractivity contribution in [3.63, 3.8) is 0 Å². The molecule has 0 aliphatic carbocycles. The largest absolute Gasteiger partial charge is 0.491 e. The zero-order valence-corrected chi connectivity index (χ0v) is 14.4. The zero-order valence-electron chi connectivity index (χ0n) is 14.4. The molecule has 130 valence electrons. The molecule has 24 heavy (non-hydrogen) atoms. The standard InChI is InChI=1S/C18H26N4O2/c1-13-5-3-4-6-17(13)24-12-16(23)11-22-9-7-15(8-10-22)18-19-14(2)20-21-18/h3-6,15-16,23H,7-12H2,1-2H3,(H,19,20,21). The van der Waals surface area contributed by atoms with E-state index in [1.54, 1.807) is 0 Å². The van der Waals surface area contributed by atoms with Crippen LogP contribution in [0.5, 0.6) is 5.75 Å². The van der Waals surface area contributed by atoms with E-state index in [2.05, 4.69) is 20.1 Å². The molecule has 1 aromatic carbocycles. The molecule has 6 heteroatoms. The van der Waals surface area contributed by atoms with Crippen LogP contribution in [0.15, 0.2) is 24.3 Å². The van der Waals surface area contributed by atoms with Crippen LogP contribution in [0.4, 0.5) is 0 Å². The first kappa shape index (κ1) is 16.9. The summed E-state index contributed by atoms with van der Waals surface area (Å²) < 4.78 is 5.73. The van der Waals surface area contributed by atoms with Crippen LogP contribution in [-0.4, -0.2) is 57.5 Å². The lowest BCUT2D eigenvalue weighted by molar-refractivity contribution is 0.0589. The Balaban J connectivity index is 1.41. The summed E-state index contributed by atoms with van der Waals surface area (Å²) in [5.74, 6) is 3.06. The maximum absolute atomic E-state index is 10.2. The SMILES string of the molecule is Cc1nc(C2CCN(CC(O)COc3ccccc3C)CC2)n[nH]1. The van der Waals surface area contributed by atoms with E-state index in [1.807, 2.05) is 38.1 Å². The summed E-state index contributed by atoms with van der Waals surface area (Å²) >= 11 is 0. The summed E-state index contributed by atoms with van der Waals surface area (Å²) in [4.78, 5) is 6.73. The summed E-state index contributed by atoms with van der Waals surface area (Å²) in [5, 5.41) is 17.4. The first-order valence-electron chi connectivity index (χ1n) is 8.59. The Morgan fingerprint density at radius 1 is 1.29 bits per heavy atom. The molecule has 0 amide bonds.